The second kappa shape index (κ2) is 20.8. The van der Waals surface area contributed by atoms with Crippen molar-refractivity contribution >= 4 is 11.5 Å². The van der Waals surface area contributed by atoms with E-state index in [-0.39, 0.29) is 5.92 Å². The van der Waals surface area contributed by atoms with Crippen LogP contribution in [0.1, 0.15) is 65.5 Å². The molecular weight excluding hydrogens is 448 g/mol. The molecule has 4 nitrogen and oxygen atoms in total. The molecule has 0 radical (unpaired) electrons. The van der Waals surface area contributed by atoms with E-state index in [9.17, 15) is 4.79 Å². The SMILES string of the molecule is C=C(c1ccccc1)c1ccc(OCCCOc2ccccc2)cc1.CC.CC.CCC(C)C(=O)O. The Morgan fingerprint density at radius 1 is 0.750 bits per heavy atom. The molecule has 0 amide bonds. The molecule has 0 bridgehead atoms. The van der Waals surface area contributed by atoms with E-state index in [1.54, 1.807) is 6.92 Å². The van der Waals surface area contributed by atoms with E-state index in [0.717, 1.165) is 41.0 Å². The van der Waals surface area contributed by atoms with Crippen molar-refractivity contribution in [3.8, 4) is 11.5 Å². The van der Waals surface area contributed by atoms with Gasteiger partial charge < -0.3 is 14.6 Å². The normalized spacial score (nSPS) is 10.1. The number of carboxylic acids is 1. The first-order valence-electron chi connectivity index (χ1n) is 12.9. The standard InChI is InChI=1S/C23H22O2.C5H10O2.2C2H6/c1-19(20-9-4-2-5-10-20)21-13-15-23(16-14-21)25-18-8-17-24-22-11-6-3-7-12-22;1-3-4(2)5(6)7;2*1-2/h2-7,9-16H,1,8,17-18H2;4H,3H2,1-2H3,(H,6,7);2*1-2H3. The van der Waals surface area contributed by atoms with Crippen LogP contribution in [0.15, 0.2) is 91.5 Å². The van der Waals surface area contributed by atoms with Gasteiger partial charge in [0.05, 0.1) is 19.1 Å². The van der Waals surface area contributed by atoms with Gasteiger partial charge in [-0.15, -0.1) is 0 Å². The van der Waals surface area contributed by atoms with E-state index in [4.69, 9.17) is 14.6 Å². The van der Waals surface area contributed by atoms with Crippen molar-refractivity contribution in [2.45, 2.75) is 54.4 Å². The van der Waals surface area contributed by atoms with Crippen LogP contribution in [0.25, 0.3) is 5.57 Å². The lowest BCUT2D eigenvalue weighted by Crippen LogP contribution is -2.06. The van der Waals surface area contributed by atoms with Gasteiger partial charge in [0, 0.05) is 6.42 Å². The van der Waals surface area contributed by atoms with Gasteiger partial charge in [-0.2, -0.15) is 0 Å². The predicted octanol–water partition coefficient (Wildman–Crippen LogP) is 8.77. The molecule has 0 aliphatic heterocycles. The Balaban J connectivity index is 0.000000952. The van der Waals surface area contributed by atoms with Crippen molar-refractivity contribution in [2.75, 3.05) is 13.2 Å². The Hall–Kier alpha value is -3.53. The minimum absolute atomic E-state index is 0.181. The van der Waals surface area contributed by atoms with Gasteiger partial charge in [-0.25, -0.2) is 0 Å². The maximum Gasteiger partial charge on any atom is 0.306 e. The highest BCUT2D eigenvalue weighted by atomic mass is 16.5. The van der Waals surface area contributed by atoms with Crippen LogP contribution in [0.5, 0.6) is 11.5 Å². The number of hydrogen-bond donors (Lipinski definition) is 1. The lowest BCUT2D eigenvalue weighted by atomic mass is 10.00. The summed E-state index contributed by atoms with van der Waals surface area (Å²) >= 11 is 0. The molecule has 0 fully saturated rings. The number of para-hydroxylation sites is 1. The molecule has 3 aromatic carbocycles. The highest BCUT2D eigenvalue weighted by Gasteiger charge is 2.05. The van der Waals surface area contributed by atoms with Gasteiger partial charge in [0.15, 0.2) is 0 Å². The smallest absolute Gasteiger partial charge is 0.306 e. The predicted molar refractivity (Wildman–Crippen MR) is 153 cm³/mol. The minimum atomic E-state index is -0.706. The van der Waals surface area contributed by atoms with E-state index in [0.29, 0.717) is 13.2 Å². The van der Waals surface area contributed by atoms with E-state index < -0.39 is 5.97 Å². The first-order valence-corrected chi connectivity index (χ1v) is 12.9. The highest BCUT2D eigenvalue weighted by molar-refractivity contribution is 5.78. The van der Waals surface area contributed by atoms with Crippen molar-refractivity contribution < 1.29 is 19.4 Å². The number of carboxylic acid groups (broad SMARTS) is 1. The van der Waals surface area contributed by atoms with Gasteiger partial charge in [0.1, 0.15) is 11.5 Å². The summed E-state index contributed by atoms with van der Waals surface area (Å²) in [4.78, 5) is 9.93. The third kappa shape index (κ3) is 13.4. The molecular formula is C32H44O4. The number of benzene rings is 3. The summed E-state index contributed by atoms with van der Waals surface area (Å²) in [5, 5.41) is 8.18. The highest BCUT2D eigenvalue weighted by Crippen LogP contribution is 2.23. The molecule has 0 spiro atoms. The molecule has 3 aromatic rings. The van der Waals surface area contributed by atoms with Crippen LogP contribution in [-0.2, 0) is 4.79 Å². The molecule has 0 saturated carbocycles. The number of rotatable bonds is 10. The fourth-order valence-corrected chi connectivity index (χ4v) is 2.69. The molecule has 0 aromatic heterocycles. The Bertz CT molecular complexity index is 935. The molecule has 0 heterocycles. The Kier molecular flexibility index (Phi) is 18.8. The third-order valence-electron chi connectivity index (χ3n) is 4.93. The summed E-state index contributed by atoms with van der Waals surface area (Å²) in [6.45, 7) is 17.0. The van der Waals surface area contributed by atoms with E-state index in [1.165, 1.54) is 0 Å². The largest absolute Gasteiger partial charge is 0.493 e. The lowest BCUT2D eigenvalue weighted by molar-refractivity contribution is -0.141. The number of aliphatic carboxylic acids is 1. The number of carbonyl (C=O) groups is 1. The molecule has 0 saturated heterocycles. The van der Waals surface area contributed by atoms with E-state index >= 15 is 0 Å². The van der Waals surface area contributed by atoms with Crippen molar-refractivity contribution in [2.24, 2.45) is 5.92 Å². The van der Waals surface area contributed by atoms with Crippen molar-refractivity contribution in [1.82, 2.24) is 0 Å². The maximum atomic E-state index is 9.93. The topological polar surface area (TPSA) is 55.8 Å². The van der Waals surface area contributed by atoms with Crippen LogP contribution in [0.3, 0.4) is 0 Å². The van der Waals surface area contributed by atoms with Crippen LogP contribution >= 0.6 is 0 Å². The molecule has 0 aliphatic rings. The summed E-state index contributed by atoms with van der Waals surface area (Å²) in [5.41, 5.74) is 3.25. The fraction of sp³-hybridized carbons (Fsp3) is 0.344. The van der Waals surface area contributed by atoms with Gasteiger partial charge in [-0.05, 0) is 47.4 Å². The minimum Gasteiger partial charge on any atom is -0.493 e. The van der Waals surface area contributed by atoms with Gasteiger partial charge >= 0.3 is 5.97 Å². The monoisotopic (exact) mass is 492 g/mol. The summed E-state index contributed by atoms with van der Waals surface area (Å²) in [6.07, 6.45) is 1.56. The molecule has 3 rings (SSSR count). The van der Waals surface area contributed by atoms with Crippen molar-refractivity contribution in [3.05, 3.63) is 103 Å². The van der Waals surface area contributed by atoms with Crippen LogP contribution in [0.4, 0.5) is 0 Å². The van der Waals surface area contributed by atoms with Crippen molar-refractivity contribution in [3.63, 3.8) is 0 Å². The Morgan fingerprint density at radius 3 is 1.58 bits per heavy atom. The van der Waals surface area contributed by atoms with E-state index in [2.05, 4.69) is 18.7 Å². The van der Waals surface area contributed by atoms with Gasteiger partial charge in [0.2, 0.25) is 0 Å². The molecule has 4 heteroatoms. The first-order chi connectivity index (χ1) is 17.5. The van der Waals surface area contributed by atoms with Gasteiger partial charge in [-0.3, -0.25) is 4.79 Å². The van der Waals surface area contributed by atoms with Crippen LogP contribution in [-0.4, -0.2) is 24.3 Å². The second-order valence-electron chi connectivity index (χ2n) is 7.38. The molecule has 1 atom stereocenters. The van der Waals surface area contributed by atoms with Crippen molar-refractivity contribution in [1.29, 1.82) is 0 Å². The zero-order valence-corrected chi connectivity index (χ0v) is 22.9. The van der Waals surface area contributed by atoms with Gasteiger partial charge in [0.25, 0.3) is 0 Å². The average molecular weight is 493 g/mol. The van der Waals surface area contributed by atoms with Crippen LogP contribution in [0, 0.1) is 5.92 Å². The summed E-state index contributed by atoms with van der Waals surface area (Å²) < 4.78 is 11.4. The average Bonchev–Trinajstić information content (AvgIpc) is 2.96. The zero-order chi connectivity index (χ0) is 27.2. The summed E-state index contributed by atoms with van der Waals surface area (Å²) in [7, 11) is 0. The molecule has 1 unspecified atom stereocenters. The lowest BCUT2D eigenvalue weighted by Gasteiger charge is -2.10. The quantitative estimate of drug-likeness (QED) is 0.287. The third-order valence-corrected chi connectivity index (χ3v) is 4.93. The fourth-order valence-electron chi connectivity index (χ4n) is 2.69. The molecule has 36 heavy (non-hydrogen) atoms. The maximum absolute atomic E-state index is 9.93. The Morgan fingerprint density at radius 2 is 1.17 bits per heavy atom. The Labute approximate surface area is 218 Å². The molecule has 196 valence electrons. The van der Waals surface area contributed by atoms with Crippen LogP contribution in [0.2, 0.25) is 0 Å². The van der Waals surface area contributed by atoms with E-state index in [1.807, 2.05) is 107 Å². The molecule has 0 aliphatic carbocycles. The zero-order valence-electron chi connectivity index (χ0n) is 22.9. The molecule has 1 N–H and O–H groups in total. The van der Waals surface area contributed by atoms with Crippen LogP contribution < -0.4 is 9.47 Å². The number of hydrogen-bond acceptors (Lipinski definition) is 3. The summed E-state index contributed by atoms with van der Waals surface area (Å²) in [6, 6.07) is 28.1. The summed E-state index contributed by atoms with van der Waals surface area (Å²) in [5.74, 6) is 0.873. The number of ether oxygens (including phenoxy) is 2. The second-order valence-corrected chi connectivity index (χ2v) is 7.38. The first kappa shape index (κ1) is 32.5. The van der Waals surface area contributed by atoms with Gasteiger partial charge in [-0.1, -0.05) is 109 Å².